The molecular formula is C68H69N4OPt-3. The van der Waals surface area contributed by atoms with Crippen LogP contribution in [-0.4, -0.2) is 9.55 Å². The molecule has 0 radical (unpaired) electrons. The molecule has 0 saturated heterocycles. The minimum absolute atomic E-state index is 0. The first kappa shape index (κ1) is 52.2. The van der Waals surface area contributed by atoms with Gasteiger partial charge >= 0.3 is 0 Å². The molecule has 0 atom stereocenters. The van der Waals surface area contributed by atoms with Crippen molar-refractivity contribution < 1.29 is 25.8 Å². The van der Waals surface area contributed by atoms with Crippen LogP contribution >= 0.6 is 0 Å². The third-order valence-electron chi connectivity index (χ3n) is 15.0. The van der Waals surface area contributed by atoms with Gasteiger partial charge in [0.2, 0.25) is 0 Å². The van der Waals surface area contributed by atoms with Crippen LogP contribution in [0, 0.1) is 24.2 Å². The second-order valence-electron chi connectivity index (χ2n) is 24.0. The molecule has 0 saturated carbocycles. The second kappa shape index (κ2) is 19.5. The van der Waals surface area contributed by atoms with E-state index in [1.165, 1.54) is 33.4 Å². The Morgan fingerprint density at radius 1 is 0.473 bits per heavy atom. The number of ether oxygens (including phenoxy) is 1. The van der Waals surface area contributed by atoms with Crippen molar-refractivity contribution in [1.82, 2.24) is 9.55 Å². The molecule has 0 bridgehead atoms. The van der Waals surface area contributed by atoms with E-state index < -0.39 is 0 Å². The third-order valence-corrected chi connectivity index (χ3v) is 15.0. The molecule has 380 valence electrons. The van der Waals surface area contributed by atoms with Crippen molar-refractivity contribution in [2.45, 2.75) is 112 Å². The summed E-state index contributed by atoms with van der Waals surface area (Å²) in [6.07, 6.45) is 4.22. The first-order chi connectivity index (χ1) is 34.6. The van der Waals surface area contributed by atoms with Gasteiger partial charge in [0.25, 0.3) is 0 Å². The van der Waals surface area contributed by atoms with E-state index in [-0.39, 0.29) is 48.1 Å². The molecule has 0 spiro atoms. The van der Waals surface area contributed by atoms with E-state index in [1.54, 1.807) is 0 Å². The van der Waals surface area contributed by atoms with Gasteiger partial charge < -0.3 is 19.1 Å². The van der Waals surface area contributed by atoms with Gasteiger partial charge in [0, 0.05) is 71.9 Å². The number of anilines is 2. The van der Waals surface area contributed by atoms with Gasteiger partial charge in [-0.05, 0) is 91.7 Å². The maximum Gasteiger partial charge on any atom is 0.135 e. The van der Waals surface area contributed by atoms with E-state index in [1.807, 2.05) is 12.3 Å². The van der Waals surface area contributed by atoms with Gasteiger partial charge in [0.15, 0.2) is 0 Å². The van der Waals surface area contributed by atoms with Crippen LogP contribution in [0.3, 0.4) is 0 Å². The SMILES string of the molecule is CC(C)(C)C1=CN(c2cc(C(C)(C)C)cc(C(C)(C)C)c2)[CH-]N1c1[c-]c(Oc2[c-]c3c(cc2)c2cc(C(C)(C)c4ccccc4)ccc2n3-c2cc(C(C)(C)c3ccccc3)ccn2)cc(-c2ccccc2)c1.[Pt]. The Morgan fingerprint density at radius 3 is 1.64 bits per heavy atom. The largest absolute Gasteiger partial charge is 0.509 e. The van der Waals surface area contributed by atoms with Crippen LogP contribution in [0.4, 0.5) is 11.4 Å². The molecule has 7 aromatic carbocycles. The third kappa shape index (κ3) is 10.1. The van der Waals surface area contributed by atoms with Crippen molar-refractivity contribution in [3.05, 3.63) is 234 Å². The van der Waals surface area contributed by atoms with Crippen molar-refractivity contribution in [1.29, 1.82) is 0 Å². The van der Waals surface area contributed by atoms with E-state index in [9.17, 15) is 0 Å². The summed E-state index contributed by atoms with van der Waals surface area (Å²) in [7, 11) is 0. The minimum Gasteiger partial charge on any atom is -0.509 e. The maximum absolute atomic E-state index is 7.03. The minimum atomic E-state index is -0.266. The van der Waals surface area contributed by atoms with Crippen molar-refractivity contribution in [3.8, 4) is 28.4 Å². The predicted octanol–water partition coefficient (Wildman–Crippen LogP) is 17.8. The van der Waals surface area contributed by atoms with Crippen molar-refractivity contribution in [2.24, 2.45) is 5.41 Å². The van der Waals surface area contributed by atoms with Gasteiger partial charge in [-0.3, -0.25) is 0 Å². The Hall–Kier alpha value is -6.68. The molecule has 0 N–H and O–H groups in total. The van der Waals surface area contributed by atoms with Crippen LogP contribution in [-0.2, 0) is 42.7 Å². The van der Waals surface area contributed by atoms with E-state index in [4.69, 9.17) is 9.72 Å². The fourth-order valence-electron chi connectivity index (χ4n) is 10.1. The summed E-state index contributed by atoms with van der Waals surface area (Å²) in [5.41, 5.74) is 14.0. The summed E-state index contributed by atoms with van der Waals surface area (Å²) in [5, 5.41) is 2.20. The molecule has 0 unspecified atom stereocenters. The normalized spacial score (nSPS) is 13.6. The molecule has 2 aromatic heterocycles. The first-order valence-corrected chi connectivity index (χ1v) is 25.8. The van der Waals surface area contributed by atoms with Crippen LogP contribution in [0.2, 0.25) is 0 Å². The molecule has 0 amide bonds. The van der Waals surface area contributed by atoms with Crippen LogP contribution in [0.15, 0.2) is 182 Å². The molecule has 1 aliphatic heterocycles. The zero-order valence-electron chi connectivity index (χ0n) is 45.3. The first-order valence-electron chi connectivity index (χ1n) is 25.8. The molecule has 1 aliphatic rings. The Labute approximate surface area is 455 Å². The molecule has 3 heterocycles. The van der Waals surface area contributed by atoms with Crippen LogP contribution in [0.1, 0.15) is 123 Å². The van der Waals surface area contributed by atoms with E-state index in [0.29, 0.717) is 11.5 Å². The number of allylic oxidation sites excluding steroid dienone is 1. The van der Waals surface area contributed by atoms with E-state index >= 15 is 0 Å². The van der Waals surface area contributed by atoms with Gasteiger partial charge in [0.1, 0.15) is 5.82 Å². The predicted molar refractivity (Wildman–Crippen MR) is 306 cm³/mol. The van der Waals surface area contributed by atoms with E-state index in [2.05, 4.69) is 287 Å². The van der Waals surface area contributed by atoms with Crippen molar-refractivity contribution >= 4 is 33.2 Å². The standard InChI is InChI=1S/C68H69N4O.Pt/c1-64(2,3)52-37-53(65(4,5)6)39-54(38-52)70-44-62(66(7,8)9)71(45-70)55-35-47(46-23-17-14-18-24-46)36-57(42-55)73-56-30-31-58-59-40-50(67(10,11)48-25-19-15-20-26-48)29-32-60(59)72(61(58)43-56)63-41-51(33-34-69-63)68(12,13)49-27-21-16-22-28-49;/h14-41,44-45H,1-13H3;/q-3;. The molecular weight excluding hydrogens is 1080 g/mol. The average Bonchev–Trinajstić information content (AvgIpc) is 3.97. The van der Waals surface area contributed by atoms with Gasteiger partial charge in [-0.15, -0.1) is 53.6 Å². The number of rotatable bonds is 10. The smallest absolute Gasteiger partial charge is 0.135 e. The number of fused-ring (bicyclic) bond motifs is 3. The van der Waals surface area contributed by atoms with Gasteiger partial charge in [-0.2, -0.15) is 6.07 Å². The fraction of sp³-hybridized carbons (Fsp3) is 0.265. The molecule has 9 aromatic rings. The molecule has 74 heavy (non-hydrogen) atoms. The Bertz CT molecular complexity index is 3480. The molecule has 0 aliphatic carbocycles. The number of pyridine rings is 1. The number of hydrogen-bond donors (Lipinski definition) is 0. The molecule has 0 fully saturated rings. The number of hydrogen-bond acceptors (Lipinski definition) is 4. The fourth-order valence-corrected chi connectivity index (χ4v) is 10.1. The van der Waals surface area contributed by atoms with Gasteiger partial charge in [0.05, 0.1) is 0 Å². The van der Waals surface area contributed by atoms with Crippen LogP contribution in [0.25, 0.3) is 38.8 Å². The molecule has 6 heteroatoms. The number of nitrogens with zero attached hydrogens (tertiary/aromatic N) is 4. The van der Waals surface area contributed by atoms with Crippen LogP contribution < -0.4 is 14.5 Å². The quantitative estimate of drug-likeness (QED) is 0.128. The monoisotopic (exact) mass is 1150 g/mol. The average molecular weight is 1150 g/mol. The van der Waals surface area contributed by atoms with Crippen LogP contribution in [0.5, 0.6) is 11.5 Å². The zero-order chi connectivity index (χ0) is 51.7. The summed E-state index contributed by atoms with van der Waals surface area (Å²) in [5.74, 6) is 2.00. The Morgan fingerprint density at radius 2 is 1.05 bits per heavy atom. The van der Waals surface area contributed by atoms with Gasteiger partial charge in [-0.25, -0.2) is 4.98 Å². The van der Waals surface area contributed by atoms with Crippen molar-refractivity contribution in [2.75, 3.05) is 9.80 Å². The zero-order valence-corrected chi connectivity index (χ0v) is 47.6. The van der Waals surface area contributed by atoms with Crippen molar-refractivity contribution in [3.63, 3.8) is 0 Å². The summed E-state index contributed by atoms with van der Waals surface area (Å²) in [4.78, 5) is 9.66. The summed E-state index contributed by atoms with van der Waals surface area (Å²) >= 11 is 0. The number of benzene rings is 7. The molecule has 5 nitrogen and oxygen atoms in total. The number of aromatic nitrogens is 2. The summed E-state index contributed by atoms with van der Waals surface area (Å²) in [6.45, 7) is 32.0. The summed E-state index contributed by atoms with van der Waals surface area (Å²) < 4.78 is 9.28. The summed E-state index contributed by atoms with van der Waals surface area (Å²) in [6, 6.07) is 66.4. The Balaban J connectivity index is 0.00000672. The second-order valence-corrected chi connectivity index (χ2v) is 24.0. The molecule has 10 rings (SSSR count). The topological polar surface area (TPSA) is 33.5 Å². The maximum atomic E-state index is 7.03. The Kier molecular flexibility index (Phi) is 13.8. The van der Waals surface area contributed by atoms with Gasteiger partial charge in [-0.1, -0.05) is 205 Å². The van der Waals surface area contributed by atoms with E-state index in [0.717, 1.165) is 55.8 Å².